The van der Waals surface area contributed by atoms with Gasteiger partial charge in [-0.15, -0.1) is 0 Å². The number of aryl methyl sites for hydroxylation is 1. The van der Waals surface area contributed by atoms with Crippen molar-refractivity contribution in [3.05, 3.63) is 76.9 Å². The number of amides is 2. The van der Waals surface area contributed by atoms with Gasteiger partial charge < -0.3 is 19.7 Å². The van der Waals surface area contributed by atoms with Crippen molar-refractivity contribution in [2.75, 3.05) is 53.5 Å². The van der Waals surface area contributed by atoms with Crippen LogP contribution in [0.4, 0.5) is 4.39 Å². The average molecular weight is 718 g/mol. The summed E-state index contributed by atoms with van der Waals surface area (Å²) in [5, 5.41) is 3.12. The number of rotatable bonds is 8. The normalized spacial score (nSPS) is 21.2. The van der Waals surface area contributed by atoms with E-state index in [1.165, 1.54) is 0 Å². The van der Waals surface area contributed by atoms with Crippen molar-refractivity contribution in [3.8, 4) is 45.4 Å². The minimum absolute atomic E-state index is 0.108. The maximum absolute atomic E-state index is 16.7. The summed E-state index contributed by atoms with van der Waals surface area (Å²) in [6.45, 7) is 9.36. The van der Waals surface area contributed by atoms with Crippen molar-refractivity contribution in [3.63, 3.8) is 0 Å². The number of aromatic nitrogens is 3. The first kappa shape index (κ1) is 33.9. The van der Waals surface area contributed by atoms with Gasteiger partial charge in [0, 0.05) is 92.9 Å². The second kappa shape index (κ2) is 12.6. The lowest BCUT2D eigenvalue weighted by atomic mass is 9.72. The highest BCUT2D eigenvalue weighted by molar-refractivity contribution is 5.81. The molecule has 11 nitrogen and oxygen atoms in total. The summed E-state index contributed by atoms with van der Waals surface area (Å²) in [5.41, 5.74) is 7.68. The molecule has 1 unspecified atom stereocenters. The van der Waals surface area contributed by atoms with E-state index in [1.807, 2.05) is 42.2 Å². The molecular weight excluding hydrogens is 673 g/mol. The van der Waals surface area contributed by atoms with E-state index < -0.39 is 0 Å². The summed E-state index contributed by atoms with van der Waals surface area (Å²) < 4.78 is 28.3. The maximum Gasteiger partial charge on any atom is 0.237 e. The minimum atomic E-state index is -0.341. The number of hydrogen-bond donors (Lipinski definition) is 1. The molecule has 9 rings (SSSR count). The number of halogens is 1. The van der Waals surface area contributed by atoms with Gasteiger partial charge in [-0.1, -0.05) is 30.3 Å². The molecule has 0 radical (unpaired) electrons. The number of hydrogen-bond acceptors (Lipinski definition) is 9. The fourth-order valence-electron chi connectivity index (χ4n) is 9.55. The van der Waals surface area contributed by atoms with Gasteiger partial charge in [0.1, 0.15) is 11.5 Å². The van der Waals surface area contributed by atoms with Gasteiger partial charge in [0.2, 0.25) is 23.6 Å². The van der Waals surface area contributed by atoms with E-state index in [0.717, 1.165) is 92.0 Å². The Balaban J connectivity index is 0.958. The number of ether oxygens (including phenoxy) is 2. The SMILES string of the molecule is COc1nc(-c2cccc(-c3cccc(-c4cc5c(c(OC)n4)C(N4CC6(CN(C(C)=O)C6)C4)CC5)c3F)c2C)cnc1CN1CC2(CCC(=O)N2)C1. The largest absolute Gasteiger partial charge is 0.481 e. The van der Waals surface area contributed by atoms with E-state index in [2.05, 4.69) is 15.1 Å². The van der Waals surface area contributed by atoms with Gasteiger partial charge in [0.25, 0.3) is 0 Å². The average Bonchev–Trinajstić information content (AvgIpc) is 3.71. The lowest BCUT2D eigenvalue weighted by Gasteiger charge is -2.61. The lowest BCUT2D eigenvalue weighted by molar-refractivity contribution is -0.161. The van der Waals surface area contributed by atoms with Crippen molar-refractivity contribution in [1.82, 2.24) is 35.0 Å². The molecule has 1 atom stereocenters. The standard InChI is InChI=1S/C41H44FN7O4/c1-24-27(7-5-8-28(24)32-16-43-33(38(45-32)52-3)17-47-22-41(23-47)14-13-35(51)46-41)29-9-6-10-30(37(29)42)31-15-26-11-12-34(36(26)39(44-31)53-4)49-20-40(21-49)18-48(19-40)25(2)50/h5-10,15-16,34H,11-14,17-23H2,1-4H3,(H,46,51). The van der Waals surface area contributed by atoms with E-state index in [-0.39, 0.29) is 34.6 Å². The molecule has 4 fully saturated rings. The second-order valence-electron chi connectivity index (χ2n) is 15.8. The van der Waals surface area contributed by atoms with Crippen LogP contribution in [0.15, 0.2) is 48.7 Å². The molecule has 53 heavy (non-hydrogen) atoms. The van der Waals surface area contributed by atoms with Crippen molar-refractivity contribution < 1.29 is 23.5 Å². The highest BCUT2D eigenvalue weighted by Crippen LogP contribution is 2.50. The second-order valence-corrected chi connectivity index (χ2v) is 15.8. The van der Waals surface area contributed by atoms with Crippen LogP contribution in [0.2, 0.25) is 0 Å². The molecule has 4 aliphatic heterocycles. The summed E-state index contributed by atoms with van der Waals surface area (Å²) >= 11 is 0. The van der Waals surface area contributed by atoms with Crippen LogP contribution in [0.3, 0.4) is 0 Å². The monoisotopic (exact) mass is 717 g/mol. The summed E-state index contributed by atoms with van der Waals surface area (Å²) in [6.07, 6.45) is 5.04. The highest BCUT2D eigenvalue weighted by Gasteiger charge is 2.55. The zero-order chi connectivity index (χ0) is 36.6. The van der Waals surface area contributed by atoms with Gasteiger partial charge in [-0.25, -0.2) is 14.4 Å². The number of carbonyl (C=O) groups excluding carboxylic acids is 2. The number of methoxy groups -OCH3 is 2. The predicted octanol–water partition coefficient (Wildman–Crippen LogP) is 4.95. The van der Waals surface area contributed by atoms with E-state index in [9.17, 15) is 9.59 Å². The molecule has 0 saturated carbocycles. The van der Waals surface area contributed by atoms with E-state index in [0.29, 0.717) is 47.2 Å². The van der Waals surface area contributed by atoms with Crippen molar-refractivity contribution >= 4 is 11.8 Å². The zero-order valence-electron chi connectivity index (χ0n) is 30.7. The molecule has 6 heterocycles. The van der Waals surface area contributed by atoms with Crippen LogP contribution in [-0.2, 0) is 22.6 Å². The Morgan fingerprint density at radius 1 is 0.925 bits per heavy atom. The molecular formula is C41H44FN7O4. The first-order chi connectivity index (χ1) is 25.6. The Morgan fingerprint density at radius 2 is 1.62 bits per heavy atom. The predicted molar refractivity (Wildman–Crippen MR) is 197 cm³/mol. The first-order valence-electron chi connectivity index (χ1n) is 18.5. The van der Waals surface area contributed by atoms with Gasteiger partial charge in [-0.2, -0.15) is 0 Å². The summed E-state index contributed by atoms with van der Waals surface area (Å²) in [6, 6.07) is 13.5. The van der Waals surface area contributed by atoms with Gasteiger partial charge in [0.15, 0.2) is 0 Å². The number of likely N-dealkylation sites (tertiary alicyclic amines) is 3. The van der Waals surface area contributed by atoms with Crippen LogP contribution in [0.25, 0.3) is 33.6 Å². The summed E-state index contributed by atoms with van der Waals surface area (Å²) in [5.74, 6) is 0.933. The number of nitrogens with one attached hydrogen (secondary N) is 1. The minimum Gasteiger partial charge on any atom is -0.481 e. The Hall–Kier alpha value is -4.94. The Kier molecular flexibility index (Phi) is 8.04. The van der Waals surface area contributed by atoms with Crippen molar-refractivity contribution in [1.29, 1.82) is 0 Å². The maximum atomic E-state index is 16.7. The number of pyridine rings is 1. The number of fused-ring (bicyclic) bond motifs is 1. The molecule has 4 aromatic rings. The van der Waals surface area contributed by atoms with Gasteiger partial charge in [-0.3, -0.25) is 24.4 Å². The third-order valence-electron chi connectivity index (χ3n) is 12.2. The van der Waals surface area contributed by atoms with Crippen LogP contribution in [0, 0.1) is 18.2 Å². The van der Waals surface area contributed by atoms with Gasteiger partial charge in [-0.05, 0) is 55.0 Å². The molecule has 2 amide bonds. The summed E-state index contributed by atoms with van der Waals surface area (Å²) in [7, 11) is 3.23. The quantitative estimate of drug-likeness (QED) is 0.271. The van der Waals surface area contributed by atoms with E-state index >= 15 is 4.39 Å². The number of nitrogens with zero attached hydrogens (tertiary/aromatic N) is 6. The smallest absolute Gasteiger partial charge is 0.237 e. The Bertz CT molecular complexity index is 2150. The molecule has 0 bridgehead atoms. The molecule has 1 N–H and O–H groups in total. The van der Waals surface area contributed by atoms with Gasteiger partial charge in [0.05, 0.1) is 37.3 Å². The third kappa shape index (κ3) is 5.65. The molecule has 2 aromatic heterocycles. The first-order valence-corrected chi connectivity index (χ1v) is 18.5. The van der Waals surface area contributed by atoms with E-state index in [4.69, 9.17) is 24.4 Å². The van der Waals surface area contributed by atoms with Crippen LogP contribution >= 0.6 is 0 Å². The molecule has 5 aliphatic rings. The van der Waals surface area contributed by atoms with Crippen molar-refractivity contribution in [2.45, 2.75) is 57.7 Å². The Morgan fingerprint density at radius 3 is 2.32 bits per heavy atom. The summed E-state index contributed by atoms with van der Waals surface area (Å²) in [4.78, 5) is 44.7. The van der Waals surface area contributed by atoms with E-state index in [1.54, 1.807) is 39.5 Å². The zero-order valence-corrected chi connectivity index (χ0v) is 30.7. The fourth-order valence-corrected chi connectivity index (χ4v) is 9.55. The Labute approximate surface area is 308 Å². The highest BCUT2D eigenvalue weighted by atomic mass is 19.1. The van der Waals surface area contributed by atoms with Gasteiger partial charge >= 0.3 is 0 Å². The van der Waals surface area contributed by atoms with Crippen molar-refractivity contribution in [2.24, 2.45) is 5.41 Å². The molecule has 4 saturated heterocycles. The number of carbonyl (C=O) groups is 2. The number of benzene rings is 2. The molecule has 2 spiro atoms. The fraction of sp³-hybridized carbons (Fsp3) is 0.439. The van der Waals surface area contributed by atoms with Crippen LogP contribution in [-0.4, -0.2) is 100 Å². The molecule has 1 aliphatic carbocycles. The van der Waals surface area contributed by atoms with Crippen LogP contribution < -0.4 is 14.8 Å². The van der Waals surface area contributed by atoms with Crippen LogP contribution in [0.1, 0.15) is 54.6 Å². The topological polar surface area (TPSA) is 113 Å². The molecule has 2 aromatic carbocycles. The molecule has 12 heteroatoms. The van der Waals surface area contributed by atoms with Crippen LogP contribution in [0.5, 0.6) is 11.8 Å². The molecule has 274 valence electrons. The lowest BCUT2D eigenvalue weighted by Crippen LogP contribution is -2.72. The third-order valence-corrected chi connectivity index (χ3v) is 12.2.